The molecule has 8 N–H and O–H groups in total. The molecule has 0 bridgehead atoms. The van der Waals surface area contributed by atoms with E-state index in [4.69, 9.17) is 28.8 Å². The number of aliphatic hydroxyl groups excluding tert-OH is 7. The largest absolute Gasteiger partial charge is 0.481 e. The van der Waals surface area contributed by atoms with E-state index in [2.05, 4.69) is 0 Å². The first-order chi connectivity index (χ1) is 16.6. The van der Waals surface area contributed by atoms with Crippen LogP contribution in [-0.4, -0.2) is 139 Å². The van der Waals surface area contributed by atoms with E-state index in [0.717, 1.165) is 0 Å². The average molecular weight is 529 g/mol. The number of hydrogen-bond acceptors (Lipinski definition) is 13. The second-order valence-corrected chi connectivity index (χ2v) is 10.3. The molecule has 0 aromatic rings. The van der Waals surface area contributed by atoms with Crippen molar-refractivity contribution < 1.29 is 69.3 Å². The SMILES string of the molecule is CC(C)(CC(=O)O)OCCC(C)(C)OC1OC(CO)C(OC2OC(CO)C(O)C(O)C2O)C(O)C1O. The van der Waals surface area contributed by atoms with Gasteiger partial charge >= 0.3 is 5.97 Å². The van der Waals surface area contributed by atoms with Crippen LogP contribution < -0.4 is 0 Å². The fourth-order valence-electron chi connectivity index (χ4n) is 4.01. The number of hydrogen-bond donors (Lipinski definition) is 8. The minimum Gasteiger partial charge on any atom is -0.481 e. The van der Waals surface area contributed by atoms with Gasteiger partial charge in [0.25, 0.3) is 0 Å². The van der Waals surface area contributed by atoms with E-state index < -0.39 is 91.8 Å². The Morgan fingerprint density at radius 1 is 0.778 bits per heavy atom. The minimum atomic E-state index is -1.76. The van der Waals surface area contributed by atoms with Gasteiger partial charge in [-0.3, -0.25) is 4.79 Å². The molecule has 2 fully saturated rings. The summed E-state index contributed by atoms with van der Waals surface area (Å²) in [4.78, 5) is 10.9. The van der Waals surface area contributed by atoms with Crippen molar-refractivity contribution >= 4 is 5.97 Å². The van der Waals surface area contributed by atoms with Crippen molar-refractivity contribution in [1.82, 2.24) is 0 Å². The molecule has 10 unspecified atom stereocenters. The molecular formula is C22H40O14. The molecule has 212 valence electrons. The van der Waals surface area contributed by atoms with E-state index in [1.807, 2.05) is 0 Å². The molecule has 0 radical (unpaired) electrons. The molecule has 2 saturated heterocycles. The topological polar surface area (TPSA) is 225 Å². The Bertz CT molecular complexity index is 698. The molecule has 2 aliphatic heterocycles. The molecule has 14 heteroatoms. The van der Waals surface area contributed by atoms with Gasteiger partial charge in [0, 0.05) is 0 Å². The number of ether oxygens (including phenoxy) is 5. The fourth-order valence-corrected chi connectivity index (χ4v) is 4.01. The van der Waals surface area contributed by atoms with E-state index in [0.29, 0.717) is 0 Å². The Balaban J connectivity index is 2.01. The Kier molecular flexibility index (Phi) is 11.0. The molecule has 0 spiro atoms. The van der Waals surface area contributed by atoms with E-state index in [-0.39, 0.29) is 19.4 Å². The number of carboxylic acids is 1. The molecule has 0 amide bonds. The monoisotopic (exact) mass is 528 g/mol. The van der Waals surface area contributed by atoms with Crippen LogP contribution >= 0.6 is 0 Å². The highest BCUT2D eigenvalue weighted by Gasteiger charge is 2.51. The smallest absolute Gasteiger partial charge is 0.306 e. The van der Waals surface area contributed by atoms with Gasteiger partial charge in [-0.05, 0) is 34.1 Å². The molecule has 0 aromatic carbocycles. The zero-order valence-electron chi connectivity index (χ0n) is 20.8. The third kappa shape index (κ3) is 7.99. The average Bonchev–Trinajstić information content (AvgIpc) is 2.77. The van der Waals surface area contributed by atoms with Crippen molar-refractivity contribution in [2.24, 2.45) is 0 Å². The van der Waals surface area contributed by atoms with E-state index in [1.54, 1.807) is 27.7 Å². The first-order valence-corrected chi connectivity index (χ1v) is 11.7. The second-order valence-electron chi connectivity index (χ2n) is 10.3. The molecule has 2 heterocycles. The van der Waals surface area contributed by atoms with Crippen LogP contribution in [0.2, 0.25) is 0 Å². The lowest BCUT2D eigenvalue weighted by Crippen LogP contribution is -2.65. The molecule has 14 nitrogen and oxygen atoms in total. The van der Waals surface area contributed by atoms with Gasteiger partial charge in [0.15, 0.2) is 12.6 Å². The van der Waals surface area contributed by atoms with Crippen molar-refractivity contribution in [2.45, 2.75) is 113 Å². The van der Waals surface area contributed by atoms with Crippen LogP contribution in [0.3, 0.4) is 0 Å². The van der Waals surface area contributed by atoms with Gasteiger partial charge in [0.1, 0.15) is 48.8 Å². The molecule has 0 aromatic heterocycles. The molecule has 0 saturated carbocycles. The molecule has 10 atom stereocenters. The highest BCUT2D eigenvalue weighted by atomic mass is 16.7. The number of carboxylic acid groups (broad SMARTS) is 1. The van der Waals surface area contributed by atoms with Crippen LogP contribution in [0.15, 0.2) is 0 Å². The van der Waals surface area contributed by atoms with Crippen LogP contribution in [0.1, 0.15) is 40.5 Å². The van der Waals surface area contributed by atoms with Gasteiger partial charge in [-0.1, -0.05) is 0 Å². The van der Waals surface area contributed by atoms with Crippen molar-refractivity contribution in [3.8, 4) is 0 Å². The van der Waals surface area contributed by atoms with Gasteiger partial charge in [-0.2, -0.15) is 0 Å². The number of rotatable bonds is 12. The van der Waals surface area contributed by atoms with Crippen molar-refractivity contribution in [2.75, 3.05) is 19.8 Å². The summed E-state index contributed by atoms with van der Waals surface area (Å²) >= 11 is 0. The van der Waals surface area contributed by atoms with E-state index >= 15 is 0 Å². The van der Waals surface area contributed by atoms with E-state index in [9.17, 15) is 40.5 Å². The van der Waals surface area contributed by atoms with Crippen LogP contribution in [-0.2, 0) is 28.5 Å². The summed E-state index contributed by atoms with van der Waals surface area (Å²) in [6, 6.07) is 0. The molecule has 36 heavy (non-hydrogen) atoms. The quantitative estimate of drug-likeness (QED) is 0.127. The minimum absolute atomic E-state index is 0.130. The van der Waals surface area contributed by atoms with Crippen molar-refractivity contribution in [3.63, 3.8) is 0 Å². The normalized spacial score (nSPS) is 38.2. The number of aliphatic carboxylic acids is 1. The zero-order chi connectivity index (χ0) is 27.4. The molecular weight excluding hydrogens is 488 g/mol. The third-order valence-corrected chi connectivity index (χ3v) is 6.17. The summed E-state index contributed by atoms with van der Waals surface area (Å²) in [5.41, 5.74) is -1.87. The fraction of sp³-hybridized carbons (Fsp3) is 0.955. The lowest BCUT2D eigenvalue weighted by atomic mass is 9.96. The summed E-state index contributed by atoms with van der Waals surface area (Å²) in [5, 5.41) is 79.5. The lowest BCUT2D eigenvalue weighted by Gasteiger charge is -2.47. The third-order valence-electron chi connectivity index (χ3n) is 6.17. The Morgan fingerprint density at radius 2 is 1.33 bits per heavy atom. The molecule has 0 aliphatic carbocycles. The van der Waals surface area contributed by atoms with Crippen molar-refractivity contribution in [1.29, 1.82) is 0 Å². The first-order valence-electron chi connectivity index (χ1n) is 11.7. The summed E-state index contributed by atoms with van der Waals surface area (Å²) in [6.45, 7) is 5.38. The first kappa shape index (κ1) is 31.2. The predicted octanol–water partition coefficient (Wildman–Crippen LogP) is -2.93. The summed E-state index contributed by atoms with van der Waals surface area (Å²) < 4.78 is 27.9. The van der Waals surface area contributed by atoms with Gasteiger partial charge < -0.3 is 64.5 Å². The highest BCUT2D eigenvalue weighted by Crippen LogP contribution is 2.32. The summed E-state index contributed by atoms with van der Waals surface area (Å²) in [7, 11) is 0. The van der Waals surface area contributed by atoms with Gasteiger partial charge in [-0.25, -0.2) is 0 Å². The Labute approximate surface area is 208 Å². The highest BCUT2D eigenvalue weighted by molar-refractivity contribution is 5.67. The van der Waals surface area contributed by atoms with Gasteiger partial charge in [-0.15, -0.1) is 0 Å². The van der Waals surface area contributed by atoms with Crippen LogP contribution in [0.25, 0.3) is 0 Å². The maximum absolute atomic E-state index is 10.9. The molecule has 2 rings (SSSR count). The zero-order valence-corrected chi connectivity index (χ0v) is 20.8. The second kappa shape index (κ2) is 12.7. The summed E-state index contributed by atoms with van der Waals surface area (Å²) in [5.74, 6) is -1.00. The maximum Gasteiger partial charge on any atom is 0.306 e. The van der Waals surface area contributed by atoms with Crippen molar-refractivity contribution in [3.05, 3.63) is 0 Å². The summed E-state index contributed by atoms with van der Waals surface area (Å²) in [6.07, 6.45) is -15.3. The Morgan fingerprint density at radius 3 is 1.89 bits per heavy atom. The standard InChI is InChI=1S/C22H40O14/c1-21(2,5-6-32-22(3,4)7-12(25)26)36-20-17(31)15(29)18(11(9-24)34-20)35-19-16(30)14(28)13(27)10(8-23)33-19/h10-11,13-20,23-24,27-31H,5-9H2,1-4H3,(H,25,26). The predicted molar refractivity (Wildman–Crippen MR) is 118 cm³/mol. The maximum atomic E-state index is 10.9. The van der Waals surface area contributed by atoms with Gasteiger partial charge in [0.2, 0.25) is 0 Å². The van der Waals surface area contributed by atoms with Crippen LogP contribution in [0.5, 0.6) is 0 Å². The van der Waals surface area contributed by atoms with Crippen LogP contribution in [0.4, 0.5) is 0 Å². The molecule has 2 aliphatic rings. The van der Waals surface area contributed by atoms with E-state index in [1.165, 1.54) is 0 Å². The Hall–Kier alpha value is -1.01. The van der Waals surface area contributed by atoms with Gasteiger partial charge in [0.05, 0.1) is 37.4 Å². The lowest BCUT2D eigenvalue weighted by molar-refractivity contribution is -0.367. The number of carbonyl (C=O) groups is 1. The van der Waals surface area contributed by atoms with Crippen LogP contribution in [0, 0.1) is 0 Å². The number of aliphatic hydroxyl groups is 7.